The van der Waals surface area contributed by atoms with Gasteiger partial charge in [-0.1, -0.05) is 25.5 Å². The van der Waals surface area contributed by atoms with Gasteiger partial charge in [-0.3, -0.25) is 14.8 Å². The van der Waals surface area contributed by atoms with Crippen LogP contribution in [0.25, 0.3) is 0 Å². The number of allylic oxidation sites excluding steroid dienone is 3. The first-order valence-corrected chi connectivity index (χ1v) is 9.08. The van der Waals surface area contributed by atoms with E-state index in [0.29, 0.717) is 25.7 Å². The standard InChI is InChI=1S/C20H28O5/c1-12(2)13-6-9-20(25-24)14(15(21)10-13)11-16-18(3,17(22)23)7-5-8-19(16,20)4/h10,14,16,24H,1,5-9,11H2,2-4H3,(H,22,23). The van der Waals surface area contributed by atoms with Crippen LogP contribution < -0.4 is 0 Å². The van der Waals surface area contributed by atoms with Crippen LogP contribution in [0.4, 0.5) is 0 Å². The van der Waals surface area contributed by atoms with Gasteiger partial charge in [-0.2, -0.15) is 0 Å². The molecular weight excluding hydrogens is 320 g/mol. The Kier molecular flexibility index (Phi) is 4.24. The van der Waals surface area contributed by atoms with Gasteiger partial charge in [0.05, 0.1) is 11.3 Å². The smallest absolute Gasteiger partial charge is 0.309 e. The summed E-state index contributed by atoms with van der Waals surface area (Å²) in [6.45, 7) is 9.61. The summed E-state index contributed by atoms with van der Waals surface area (Å²) in [7, 11) is 0. The van der Waals surface area contributed by atoms with E-state index in [1.165, 1.54) is 0 Å². The highest BCUT2D eigenvalue weighted by molar-refractivity contribution is 5.95. The topological polar surface area (TPSA) is 83.8 Å². The first-order valence-electron chi connectivity index (χ1n) is 9.08. The molecule has 0 amide bonds. The predicted molar refractivity (Wildman–Crippen MR) is 92.9 cm³/mol. The van der Waals surface area contributed by atoms with Crippen molar-refractivity contribution in [3.63, 3.8) is 0 Å². The van der Waals surface area contributed by atoms with Gasteiger partial charge < -0.3 is 5.11 Å². The molecule has 0 aromatic heterocycles. The molecule has 5 nitrogen and oxygen atoms in total. The molecule has 0 saturated heterocycles. The lowest BCUT2D eigenvalue weighted by molar-refractivity contribution is -0.362. The van der Waals surface area contributed by atoms with Crippen molar-refractivity contribution in [1.82, 2.24) is 0 Å². The Hall–Kier alpha value is -1.46. The van der Waals surface area contributed by atoms with E-state index in [-0.39, 0.29) is 11.7 Å². The van der Waals surface area contributed by atoms with Crippen molar-refractivity contribution in [2.45, 2.75) is 64.9 Å². The van der Waals surface area contributed by atoms with Gasteiger partial charge in [0.15, 0.2) is 5.78 Å². The number of carbonyl (C=O) groups excluding carboxylic acids is 1. The molecule has 5 unspecified atom stereocenters. The van der Waals surface area contributed by atoms with Gasteiger partial charge in [0.25, 0.3) is 0 Å². The van der Waals surface area contributed by atoms with E-state index in [1.807, 2.05) is 13.8 Å². The van der Waals surface area contributed by atoms with Gasteiger partial charge in [0.1, 0.15) is 5.60 Å². The summed E-state index contributed by atoms with van der Waals surface area (Å²) in [5.41, 5.74) is -0.730. The van der Waals surface area contributed by atoms with Crippen LogP contribution in [0, 0.1) is 22.7 Å². The van der Waals surface area contributed by atoms with E-state index in [1.54, 1.807) is 13.0 Å². The molecule has 0 bridgehead atoms. The van der Waals surface area contributed by atoms with E-state index < -0.39 is 28.3 Å². The third-order valence-corrected chi connectivity index (χ3v) is 7.56. The Morgan fingerprint density at radius 2 is 2.00 bits per heavy atom. The second-order valence-electron chi connectivity index (χ2n) is 8.67. The zero-order valence-corrected chi connectivity index (χ0v) is 15.3. The van der Waals surface area contributed by atoms with Crippen LogP contribution in [0.15, 0.2) is 23.8 Å². The fraction of sp³-hybridized carbons (Fsp3) is 0.700. The van der Waals surface area contributed by atoms with Gasteiger partial charge >= 0.3 is 5.97 Å². The molecule has 0 aromatic carbocycles. The first kappa shape index (κ1) is 18.3. The number of hydrogen-bond acceptors (Lipinski definition) is 4. The van der Waals surface area contributed by atoms with Crippen LogP contribution in [-0.2, 0) is 14.5 Å². The van der Waals surface area contributed by atoms with Crippen molar-refractivity contribution in [2.24, 2.45) is 22.7 Å². The lowest BCUT2D eigenvalue weighted by Gasteiger charge is -2.52. The first-order chi connectivity index (χ1) is 11.6. The molecule has 2 saturated carbocycles. The second kappa shape index (κ2) is 5.78. The average molecular weight is 348 g/mol. The summed E-state index contributed by atoms with van der Waals surface area (Å²) in [5, 5.41) is 19.9. The Morgan fingerprint density at radius 1 is 1.32 bits per heavy atom. The van der Waals surface area contributed by atoms with Crippen LogP contribution in [0.3, 0.4) is 0 Å². The third kappa shape index (κ3) is 2.28. The Labute approximate surface area is 148 Å². The van der Waals surface area contributed by atoms with Gasteiger partial charge in [-0.15, -0.1) is 0 Å². The van der Waals surface area contributed by atoms with Crippen LogP contribution in [0.5, 0.6) is 0 Å². The largest absolute Gasteiger partial charge is 0.481 e. The molecule has 25 heavy (non-hydrogen) atoms. The zero-order valence-electron chi connectivity index (χ0n) is 15.3. The van der Waals surface area contributed by atoms with Crippen LogP contribution in [0.1, 0.15) is 59.3 Å². The quantitative estimate of drug-likeness (QED) is 0.595. The molecule has 0 radical (unpaired) electrons. The highest BCUT2D eigenvalue weighted by Gasteiger charge is 2.71. The van der Waals surface area contributed by atoms with E-state index in [0.717, 1.165) is 24.0 Å². The molecule has 2 fully saturated rings. The highest BCUT2D eigenvalue weighted by atomic mass is 17.1. The monoisotopic (exact) mass is 348 g/mol. The minimum absolute atomic E-state index is 0.0760. The lowest BCUT2D eigenvalue weighted by Crippen LogP contribution is -2.56. The van der Waals surface area contributed by atoms with Gasteiger partial charge in [-0.05, 0) is 63.5 Å². The van der Waals surface area contributed by atoms with Crippen molar-refractivity contribution in [3.8, 4) is 0 Å². The fourth-order valence-corrected chi connectivity index (χ4v) is 6.00. The maximum Gasteiger partial charge on any atom is 0.309 e. The number of aliphatic carboxylic acids is 1. The van der Waals surface area contributed by atoms with Crippen molar-refractivity contribution in [3.05, 3.63) is 23.8 Å². The average Bonchev–Trinajstić information content (AvgIpc) is 2.71. The van der Waals surface area contributed by atoms with E-state index in [4.69, 9.17) is 4.89 Å². The number of carbonyl (C=O) groups is 2. The van der Waals surface area contributed by atoms with Gasteiger partial charge in [-0.25, -0.2) is 4.89 Å². The second-order valence-corrected chi connectivity index (χ2v) is 8.67. The summed E-state index contributed by atoms with van der Waals surface area (Å²) >= 11 is 0. The van der Waals surface area contributed by atoms with Crippen molar-refractivity contribution in [2.75, 3.05) is 0 Å². The van der Waals surface area contributed by atoms with Crippen LogP contribution in [0.2, 0.25) is 0 Å². The zero-order chi connectivity index (χ0) is 18.6. The molecule has 5 atom stereocenters. The molecule has 0 heterocycles. The molecule has 2 N–H and O–H groups in total. The summed E-state index contributed by atoms with van der Waals surface area (Å²) in [6, 6.07) is 0. The molecule has 5 heteroatoms. The SMILES string of the molecule is C=C(C)C1=CC(=O)C2CC3C(C)(C(=O)O)CCCC3(C)C2(OO)CC1. The number of fused-ring (bicyclic) bond motifs is 3. The highest BCUT2D eigenvalue weighted by Crippen LogP contribution is 2.68. The Bertz CT molecular complexity index is 665. The number of carboxylic acid groups (broad SMARTS) is 1. The minimum Gasteiger partial charge on any atom is -0.481 e. The maximum atomic E-state index is 13.0. The van der Waals surface area contributed by atoms with Crippen molar-refractivity contribution >= 4 is 11.8 Å². The minimum atomic E-state index is -1.03. The molecule has 3 aliphatic carbocycles. The molecule has 3 aliphatic rings. The number of rotatable bonds is 3. The summed E-state index contributed by atoms with van der Waals surface area (Å²) in [5.74, 6) is -1.61. The van der Waals surface area contributed by atoms with Crippen molar-refractivity contribution < 1.29 is 24.8 Å². The molecule has 0 aliphatic heterocycles. The summed E-state index contributed by atoms with van der Waals surface area (Å²) in [4.78, 5) is 30.2. The number of carboxylic acids is 1. The fourth-order valence-electron chi connectivity index (χ4n) is 6.00. The normalized spacial score (nSPS) is 43.7. The summed E-state index contributed by atoms with van der Waals surface area (Å²) in [6.07, 6.45) is 5.28. The lowest BCUT2D eigenvalue weighted by atomic mass is 9.53. The predicted octanol–water partition coefficient (Wildman–Crippen LogP) is 4.00. The third-order valence-electron chi connectivity index (χ3n) is 7.56. The van der Waals surface area contributed by atoms with Crippen molar-refractivity contribution in [1.29, 1.82) is 0 Å². The van der Waals surface area contributed by atoms with Gasteiger partial charge in [0, 0.05) is 5.41 Å². The molecule has 138 valence electrons. The van der Waals surface area contributed by atoms with E-state index >= 15 is 0 Å². The summed E-state index contributed by atoms with van der Waals surface area (Å²) < 4.78 is 0. The van der Waals surface area contributed by atoms with Gasteiger partial charge in [0.2, 0.25) is 0 Å². The molecular formula is C20H28O5. The number of hydrogen-bond donors (Lipinski definition) is 2. The van der Waals surface area contributed by atoms with Crippen LogP contribution in [-0.4, -0.2) is 27.7 Å². The maximum absolute atomic E-state index is 13.0. The Morgan fingerprint density at radius 3 is 2.56 bits per heavy atom. The van der Waals surface area contributed by atoms with E-state index in [2.05, 4.69) is 6.58 Å². The van der Waals surface area contributed by atoms with Crippen LogP contribution >= 0.6 is 0 Å². The number of ketones is 1. The molecule has 3 rings (SSSR count). The Balaban J connectivity index is 2.12. The molecule has 0 aromatic rings. The van der Waals surface area contributed by atoms with E-state index in [9.17, 15) is 20.0 Å². The molecule has 0 spiro atoms.